The first-order chi connectivity index (χ1) is 12.0. The Labute approximate surface area is 150 Å². The predicted molar refractivity (Wildman–Crippen MR) is 95.6 cm³/mol. The van der Waals surface area contributed by atoms with Crippen molar-refractivity contribution >= 4 is 5.97 Å². The van der Waals surface area contributed by atoms with Crippen LogP contribution in [-0.4, -0.2) is 33.5 Å². The van der Waals surface area contributed by atoms with Crippen molar-refractivity contribution in [2.24, 2.45) is 23.7 Å². The minimum Gasteiger partial charge on any atom is -0.481 e. The normalized spacial score (nSPS) is 34.7. The highest BCUT2D eigenvalue weighted by Crippen LogP contribution is 2.51. The molecule has 3 aliphatic rings. The van der Waals surface area contributed by atoms with Crippen LogP contribution in [0.3, 0.4) is 0 Å². The molecule has 0 saturated heterocycles. The Bertz CT molecular complexity index is 564. The van der Waals surface area contributed by atoms with Crippen LogP contribution in [0, 0.1) is 35.5 Å². The van der Waals surface area contributed by atoms with E-state index in [-0.39, 0.29) is 12.3 Å². The SMILES string of the molecule is O=C(O)CC/C=C1/C[C@@H]2[C@@H](C#CC(O)CC3CCCC3)[C@H](O)CC[C@H]12. The Hall–Kier alpha value is -1.31. The van der Waals surface area contributed by atoms with Crippen molar-refractivity contribution < 1.29 is 20.1 Å². The van der Waals surface area contributed by atoms with E-state index in [1.54, 1.807) is 0 Å². The summed E-state index contributed by atoms with van der Waals surface area (Å²) in [6.45, 7) is 0. The molecule has 1 unspecified atom stereocenters. The fourth-order valence-electron chi connectivity index (χ4n) is 4.90. The van der Waals surface area contributed by atoms with Crippen molar-refractivity contribution in [1.29, 1.82) is 0 Å². The fraction of sp³-hybridized carbons (Fsp3) is 0.762. The topological polar surface area (TPSA) is 77.8 Å². The number of aliphatic hydroxyl groups excluding tert-OH is 2. The zero-order valence-corrected chi connectivity index (χ0v) is 14.9. The lowest BCUT2D eigenvalue weighted by atomic mass is 9.57. The lowest BCUT2D eigenvalue weighted by Crippen LogP contribution is -2.44. The molecular formula is C21H30O4. The third kappa shape index (κ3) is 4.65. The first kappa shape index (κ1) is 18.5. The van der Waals surface area contributed by atoms with Gasteiger partial charge in [0, 0.05) is 6.42 Å². The number of carbonyl (C=O) groups is 1. The Morgan fingerprint density at radius 2 is 2.00 bits per heavy atom. The highest BCUT2D eigenvalue weighted by molar-refractivity contribution is 5.66. The first-order valence-corrected chi connectivity index (χ1v) is 9.82. The quantitative estimate of drug-likeness (QED) is 0.528. The molecule has 0 aromatic rings. The summed E-state index contributed by atoms with van der Waals surface area (Å²) < 4.78 is 0. The fourth-order valence-corrected chi connectivity index (χ4v) is 4.90. The first-order valence-electron chi connectivity index (χ1n) is 9.82. The van der Waals surface area contributed by atoms with Crippen LogP contribution in [0.4, 0.5) is 0 Å². The largest absolute Gasteiger partial charge is 0.481 e. The average Bonchev–Trinajstić information content (AvgIpc) is 3.04. The van der Waals surface area contributed by atoms with E-state index in [1.807, 2.05) is 0 Å². The van der Waals surface area contributed by atoms with E-state index in [0.29, 0.717) is 24.2 Å². The van der Waals surface area contributed by atoms with Crippen molar-refractivity contribution in [2.75, 3.05) is 0 Å². The van der Waals surface area contributed by atoms with Gasteiger partial charge in [-0.2, -0.15) is 0 Å². The summed E-state index contributed by atoms with van der Waals surface area (Å²) in [5.41, 5.74) is 1.34. The van der Waals surface area contributed by atoms with Crippen molar-refractivity contribution in [2.45, 2.75) is 76.4 Å². The second kappa shape index (κ2) is 8.38. The number of hydrogen-bond donors (Lipinski definition) is 3. The third-order valence-corrected chi connectivity index (χ3v) is 6.33. The van der Waals surface area contributed by atoms with Gasteiger partial charge >= 0.3 is 5.97 Å². The van der Waals surface area contributed by atoms with Crippen LogP contribution in [0.1, 0.15) is 64.2 Å². The third-order valence-electron chi connectivity index (χ3n) is 6.33. The molecule has 5 atom stereocenters. The number of fused-ring (bicyclic) bond motifs is 1. The highest BCUT2D eigenvalue weighted by Gasteiger charge is 2.46. The molecule has 0 radical (unpaired) electrons. The van der Waals surface area contributed by atoms with Crippen LogP contribution in [0.5, 0.6) is 0 Å². The number of aliphatic carboxylic acids is 1. The van der Waals surface area contributed by atoms with Gasteiger partial charge in [-0.15, -0.1) is 0 Å². The van der Waals surface area contributed by atoms with Crippen molar-refractivity contribution in [1.82, 2.24) is 0 Å². The summed E-state index contributed by atoms with van der Waals surface area (Å²) in [6.07, 6.45) is 10.2. The minimum absolute atomic E-state index is 0.0476. The van der Waals surface area contributed by atoms with Gasteiger partial charge in [-0.25, -0.2) is 0 Å². The van der Waals surface area contributed by atoms with Gasteiger partial charge in [-0.1, -0.05) is 49.2 Å². The smallest absolute Gasteiger partial charge is 0.303 e. The molecule has 0 amide bonds. The molecule has 0 bridgehead atoms. The summed E-state index contributed by atoms with van der Waals surface area (Å²) in [7, 11) is 0. The van der Waals surface area contributed by atoms with E-state index in [9.17, 15) is 15.0 Å². The maximum absolute atomic E-state index is 10.6. The van der Waals surface area contributed by atoms with Crippen molar-refractivity contribution in [3.8, 4) is 11.8 Å². The standard InChI is InChI=1S/C21H30O4/c22-16(12-14-4-1-2-5-14)8-9-18-19-13-15(6-3-7-21(24)25)17(19)10-11-20(18)23/h6,14,16-20,22-23H,1-5,7,10-13H2,(H,24,25)/b15-6-/t16?,17-,18-,19+,20-/m1/s1. The molecule has 0 spiro atoms. The Morgan fingerprint density at radius 3 is 2.72 bits per heavy atom. The zero-order valence-electron chi connectivity index (χ0n) is 14.9. The molecule has 0 aromatic carbocycles. The van der Waals surface area contributed by atoms with Crippen LogP contribution in [0.25, 0.3) is 0 Å². The van der Waals surface area contributed by atoms with Gasteiger partial charge in [-0.3, -0.25) is 4.79 Å². The van der Waals surface area contributed by atoms with Crippen LogP contribution in [0.2, 0.25) is 0 Å². The van der Waals surface area contributed by atoms with E-state index in [1.165, 1.54) is 31.3 Å². The minimum atomic E-state index is -0.758. The van der Waals surface area contributed by atoms with Gasteiger partial charge < -0.3 is 15.3 Å². The molecular weight excluding hydrogens is 316 g/mol. The molecule has 4 nitrogen and oxygen atoms in total. The van der Waals surface area contributed by atoms with Gasteiger partial charge in [0.15, 0.2) is 0 Å². The second-order valence-corrected chi connectivity index (χ2v) is 8.05. The molecule has 0 heterocycles. The number of carboxylic acids is 1. The lowest BCUT2D eigenvalue weighted by Gasteiger charge is -2.48. The van der Waals surface area contributed by atoms with Gasteiger partial charge in [0.25, 0.3) is 0 Å². The van der Waals surface area contributed by atoms with E-state index in [4.69, 9.17) is 5.11 Å². The van der Waals surface area contributed by atoms with Gasteiger partial charge in [0.2, 0.25) is 0 Å². The summed E-state index contributed by atoms with van der Waals surface area (Å²) >= 11 is 0. The molecule has 3 N–H and O–H groups in total. The van der Waals surface area contributed by atoms with Crippen molar-refractivity contribution in [3.63, 3.8) is 0 Å². The van der Waals surface area contributed by atoms with Gasteiger partial charge in [0.1, 0.15) is 6.10 Å². The summed E-state index contributed by atoms with van der Waals surface area (Å²) in [6, 6.07) is 0. The van der Waals surface area contributed by atoms with Crippen LogP contribution in [-0.2, 0) is 4.79 Å². The number of allylic oxidation sites excluding steroid dienone is 2. The Balaban J connectivity index is 1.55. The molecule has 3 saturated carbocycles. The Kier molecular flexibility index (Phi) is 6.19. The van der Waals surface area contributed by atoms with E-state index in [0.717, 1.165) is 25.7 Å². The maximum Gasteiger partial charge on any atom is 0.303 e. The molecule has 0 aromatic heterocycles. The zero-order chi connectivity index (χ0) is 17.8. The summed E-state index contributed by atoms with van der Waals surface area (Å²) in [5.74, 6) is 6.84. The summed E-state index contributed by atoms with van der Waals surface area (Å²) in [5, 5.41) is 29.3. The summed E-state index contributed by atoms with van der Waals surface area (Å²) in [4.78, 5) is 10.6. The van der Waals surface area contributed by atoms with Crippen LogP contribution < -0.4 is 0 Å². The average molecular weight is 346 g/mol. The molecule has 138 valence electrons. The molecule has 3 rings (SSSR count). The molecule has 3 aliphatic carbocycles. The monoisotopic (exact) mass is 346 g/mol. The van der Waals surface area contributed by atoms with E-state index < -0.39 is 18.2 Å². The number of aliphatic hydroxyl groups is 2. The molecule has 4 heteroatoms. The Morgan fingerprint density at radius 1 is 1.24 bits per heavy atom. The molecule has 3 fully saturated rings. The lowest BCUT2D eigenvalue weighted by molar-refractivity contribution is -0.136. The number of rotatable bonds is 5. The highest BCUT2D eigenvalue weighted by atomic mass is 16.4. The van der Waals surface area contributed by atoms with Crippen molar-refractivity contribution in [3.05, 3.63) is 11.6 Å². The van der Waals surface area contributed by atoms with E-state index in [2.05, 4.69) is 17.9 Å². The molecule has 25 heavy (non-hydrogen) atoms. The maximum atomic E-state index is 10.6. The van der Waals surface area contributed by atoms with Crippen LogP contribution >= 0.6 is 0 Å². The van der Waals surface area contributed by atoms with E-state index >= 15 is 0 Å². The second-order valence-electron chi connectivity index (χ2n) is 8.05. The van der Waals surface area contributed by atoms with Gasteiger partial charge in [0.05, 0.1) is 12.0 Å². The molecule has 0 aliphatic heterocycles. The number of hydrogen-bond acceptors (Lipinski definition) is 3. The number of carboxylic acid groups (broad SMARTS) is 1. The predicted octanol–water partition coefficient (Wildman–Crippen LogP) is 3.13. The van der Waals surface area contributed by atoms with Gasteiger partial charge in [-0.05, 0) is 49.9 Å². The van der Waals surface area contributed by atoms with Crippen LogP contribution in [0.15, 0.2) is 11.6 Å².